The van der Waals surface area contributed by atoms with Crippen molar-refractivity contribution in [1.29, 1.82) is 0 Å². The van der Waals surface area contributed by atoms with Crippen molar-refractivity contribution in [2.45, 2.75) is 157 Å². The van der Waals surface area contributed by atoms with E-state index in [-0.39, 0.29) is 33.2 Å². The summed E-state index contributed by atoms with van der Waals surface area (Å²) in [5.74, 6) is 2.29. The van der Waals surface area contributed by atoms with E-state index in [1.807, 2.05) is 24.3 Å². The minimum absolute atomic E-state index is 0.0803. The molecule has 0 saturated heterocycles. The molecule has 0 unspecified atom stereocenters. The zero-order valence-corrected chi connectivity index (χ0v) is 31.4. The van der Waals surface area contributed by atoms with E-state index >= 15 is 0 Å². The highest BCUT2D eigenvalue weighted by Gasteiger charge is 2.44. The van der Waals surface area contributed by atoms with E-state index in [0.717, 1.165) is 49.3 Å². The lowest BCUT2D eigenvalue weighted by atomic mass is 9.78. The Morgan fingerprint density at radius 2 is 0.683 bits per heavy atom. The molecule has 0 aliphatic carbocycles. The molecule has 0 atom stereocenters. The average molecular weight is 580 g/mol. The highest BCUT2D eigenvalue weighted by atomic mass is 27.1. The Kier molecular flexibility index (Phi) is 14.8. The second kappa shape index (κ2) is 15.3. The molecule has 0 fully saturated rings. The number of hydrogen-bond acceptors (Lipinski definition) is 2. The zero-order valence-electron chi connectivity index (χ0n) is 30.3. The molecule has 231 valence electrons. The monoisotopic (exact) mass is 579 g/mol. The quantitative estimate of drug-likeness (QED) is 0.338. The molecule has 3 heteroatoms. The molecular weight excluding hydrogens is 515 g/mol. The summed E-state index contributed by atoms with van der Waals surface area (Å²) in [4.78, 5) is 0. The van der Waals surface area contributed by atoms with Gasteiger partial charge in [-0.05, 0) is 69.6 Å². The third kappa shape index (κ3) is 14.1. The van der Waals surface area contributed by atoms with Crippen molar-refractivity contribution in [2.75, 3.05) is 0 Å². The van der Waals surface area contributed by atoms with Crippen LogP contribution in [-0.2, 0) is 21.7 Å². The van der Waals surface area contributed by atoms with Crippen LogP contribution in [0, 0.1) is 25.7 Å². The minimum Gasteiger partial charge on any atom is -0.872 e. The Morgan fingerprint density at radius 3 is 0.829 bits per heavy atom. The smallest absolute Gasteiger partial charge is 0.872 e. The molecule has 5 radical (unpaired) electrons. The van der Waals surface area contributed by atoms with Gasteiger partial charge in [-0.1, -0.05) is 146 Å². The molecule has 0 amide bonds. The third-order valence-electron chi connectivity index (χ3n) is 6.97. The minimum atomic E-state index is -0.0803. The molecule has 0 aromatic heterocycles. The summed E-state index contributed by atoms with van der Waals surface area (Å²) in [5, 5.41) is 27.8. The van der Waals surface area contributed by atoms with Gasteiger partial charge in [-0.15, -0.1) is 11.5 Å². The van der Waals surface area contributed by atoms with Crippen LogP contribution in [0.3, 0.4) is 0 Å². The molecule has 0 aliphatic rings. The number of aryl methyl sites for hydroxylation is 2. The molecule has 2 rings (SSSR count). The maximum atomic E-state index is 12.4. The lowest BCUT2D eigenvalue weighted by Crippen LogP contribution is -2.21. The van der Waals surface area contributed by atoms with E-state index in [9.17, 15) is 10.2 Å². The highest BCUT2D eigenvalue weighted by molar-refractivity contribution is 6.35. The van der Waals surface area contributed by atoms with Crippen molar-refractivity contribution in [3.05, 3.63) is 57.6 Å². The number of rotatable bonds is 4. The summed E-state index contributed by atoms with van der Waals surface area (Å²) >= 11 is 0.755. The fourth-order valence-electron chi connectivity index (χ4n) is 4.54. The summed E-state index contributed by atoms with van der Waals surface area (Å²) in [7, 11) is 0. The second-order valence-corrected chi connectivity index (χ2v) is 18.4. The number of benzene rings is 2. The molecule has 2 aromatic carbocycles. The van der Waals surface area contributed by atoms with Gasteiger partial charge in [-0.2, -0.15) is 0 Å². The van der Waals surface area contributed by atoms with Gasteiger partial charge in [0.05, 0.1) is 0 Å². The predicted octanol–water partition coefficient (Wildman–Crippen LogP) is 10.2. The number of hydrogen-bond donors (Lipinski definition) is 0. The first kappa shape index (κ1) is 39.6. The van der Waals surface area contributed by atoms with Gasteiger partial charge in [0.15, 0.2) is 10.6 Å². The van der Waals surface area contributed by atoms with Crippen LogP contribution in [0.1, 0.15) is 144 Å². The predicted molar refractivity (Wildman–Crippen MR) is 181 cm³/mol. The first-order chi connectivity index (χ1) is 18.2. The molecule has 0 saturated carbocycles. The van der Waals surface area contributed by atoms with E-state index in [4.69, 9.17) is 0 Å². The van der Waals surface area contributed by atoms with Crippen molar-refractivity contribution in [3.8, 4) is 11.5 Å². The van der Waals surface area contributed by atoms with Gasteiger partial charge >= 0.3 is 15.2 Å². The van der Waals surface area contributed by atoms with Crippen LogP contribution in [0.15, 0.2) is 24.3 Å². The SMILES string of the molecule is CC(C)[CH2][Al+2][CH2]C(C)C.Cc1cc(C(C)(C)C)c([O-])c(C(C)(C)C)c1.Cc1cc(C(C)(C)C)c([O-])c(C(C)(C)C)c1. The Balaban J connectivity index is 0.000000612. The summed E-state index contributed by atoms with van der Waals surface area (Å²) in [6, 6.07) is 8.10. The Morgan fingerprint density at radius 1 is 0.488 bits per heavy atom. The van der Waals surface area contributed by atoms with Crippen LogP contribution >= 0.6 is 0 Å². The summed E-state index contributed by atoms with van der Waals surface area (Å²) in [6.45, 7) is 38.5. The van der Waals surface area contributed by atoms with Crippen LogP contribution in [-0.4, -0.2) is 15.2 Å². The van der Waals surface area contributed by atoms with Crippen molar-refractivity contribution >= 4 is 15.2 Å². The van der Waals surface area contributed by atoms with Crippen molar-refractivity contribution < 1.29 is 10.2 Å². The molecule has 0 heterocycles. The normalized spacial score (nSPS) is 12.6. The van der Waals surface area contributed by atoms with E-state index in [1.54, 1.807) is 0 Å². The molecule has 2 nitrogen and oxygen atoms in total. The van der Waals surface area contributed by atoms with Crippen LogP contribution in [0.25, 0.3) is 0 Å². The molecule has 0 spiro atoms. The van der Waals surface area contributed by atoms with Crippen LogP contribution in [0.2, 0.25) is 10.6 Å². The molecule has 0 aliphatic heterocycles. The molecule has 0 bridgehead atoms. The maximum absolute atomic E-state index is 12.4. The lowest BCUT2D eigenvalue weighted by molar-refractivity contribution is -0.272. The van der Waals surface area contributed by atoms with E-state index in [2.05, 4.69) is 125 Å². The first-order valence-electron chi connectivity index (χ1n) is 15.7. The summed E-state index contributed by atoms with van der Waals surface area (Å²) in [5.41, 5.74) is 5.74. The van der Waals surface area contributed by atoms with Crippen molar-refractivity contribution in [1.82, 2.24) is 0 Å². The molecular formula is C38H64AlO2. The van der Waals surface area contributed by atoms with E-state index in [1.165, 1.54) is 21.7 Å². The standard InChI is InChI=1S/2C15H24O.2C4H9.Al/c2*1-10-8-11(14(2,3)4)13(16)12(9-10)15(5,6)7;2*1-4(2)3;/h2*8-9,16H,1-7H3;2*4H,1H2,2-3H3;/q;;;;+2/p-2. The van der Waals surface area contributed by atoms with Crippen molar-refractivity contribution in [2.24, 2.45) is 11.8 Å². The van der Waals surface area contributed by atoms with Gasteiger partial charge < -0.3 is 10.2 Å². The van der Waals surface area contributed by atoms with Gasteiger partial charge in [0.2, 0.25) is 0 Å². The summed E-state index contributed by atoms with van der Waals surface area (Å²) < 4.78 is 0. The van der Waals surface area contributed by atoms with Crippen LogP contribution in [0.5, 0.6) is 11.5 Å². The first-order valence-corrected chi connectivity index (χ1v) is 17.3. The maximum Gasteiger partial charge on any atom is 1.24 e. The van der Waals surface area contributed by atoms with Gasteiger partial charge in [0.1, 0.15) is 0 Å². The fraction of sp³-hybridized carbons (Fsp3) is 0.684. The van der Waals surface area contributed by atoms with Gasteiger partial charge in [-0.3, -0.25) is 0 Å². The third-order valence-corrected chi connectivity index (χ3v) is 9.53. The Hall–Kier alpha value is -1.43. The van der Waals surface area contributed by atoms with E-state index < -0.39 is 0 Å². The Labute approximate surface area is 262 Å². The van der Waals surface area contributed by atoms with Gasteiger partial charge in [-0.25, -0.2) is 0 Å². The fourth-order valence-corrected chi connectivity index (χ4v) is 6.06. The molecule has 2 aromatic rings. The Bertz CT molecular complexity index is 924. The average Bonchev–Trinajstić information content (AvgIpc) is 2.74. The van der Waals surface area contributed by atoms with Gasteiger partial charge in [0.25, 0.3) is 0 Å². The zero-order chi connectivity index (χ0) is 32.7. The van der Waals surface area contributed by atoms with Gasteiger partial charge in [0, 0.05) is 0 Å². The largest absolute Gasteiger partial charge is 1.24 e. The molecule has 41 heavy (non-hydrogen) atoms. The van der Waals surface area contributed by atoms with Crippen LogP contribution in [0.4, 0.5) is 0 Å². The lowest BCUT2D eigenvalue weighted by Gasteiger charge is -2.33. The van der Waals surface area contributed by atoms with Crippen molar-refractivity contribution in [3.63, 3.8) is 0 Å². The highest BCUT2D eigenvalue weighted by Crippen LogP contribution is 2.39. The topological polar surface area (TPSA) is 46.1 Å². The molecule has 0 N–H and O–H groups in total. The van der Waals surface area contributed by atoms with E-state index in [0.29, 0.717) is 0 Å². The van der Waals surface area contributed by atoms with Crippen LogP contribution < -0.4 is 10.2 Å². The second-order valence-electron chi connectivity index (χ2n) is 16.9. The summed E-state index contributed by atoms with van der Waals surface area (Å²) in [6.07, 6.45) is 0.